The van der Waals surface area contributed by atoms with Gasteiger partial charge in [0, 0.05) is 45.2 Å². The lowest BCUT2D eigenvalue weighted by molar-refractivity contribution is -0.229. The summed E-state index contributed by atoms with van der Waals surface area (Å²) in [7, 11) is 3.50. The van der Waals surface area contributed by atoms with Gasteiger partial charge in [-0.2, -0.15) is 0 Å². The summed E-state index contributed by atoms with van der Waals surface area (Å²) in [5.74, 6) is 0.203. The van der Waals surface area contributed by atoms with Gasteiger partial charge in [0.15, 0.2) is 0 Å². The number of nitrogens with two attached hydrogens (primary N) is 1. The van der Waals surface area contributed by atoms with Crippen LogP contribution in [0.5, 0.6) is 0 Å². The first-order valence-corrected chi connectivity index (χ1v) is 7.52. The lowest BCUT2D eigenvalue weighted by Crippen LogP contribution is -2.82. The van der Waals surface area contributed by atoms with E-state index in [9.17, 15) is 4.79 Å². The van der Waals surface area contributed by atoms with E-state index in [0.29, 0.717) is 13.2 Å². The molecule has 5 heteroatoms. The van der Waals surface area contributed by atoms with Crippen LogP contribution in [0.15, 0.2) is 0 Å². The zero-order chi connectivity index (χ0) is 15.0. The number of fused-ring (bicyclic) bond motifs is 1. The van der Waals surface area contributed by atoms with Gasteiger partial charge in [0.2, 0.25) is 5.91 Å². The van der Waals surface area contributed by atoms with E-state index in [4.69, 9.17) is 15.2 Å². The molecule has 1 aliphatic carbocycles. The van der Waals surface area contributed by atoms with E-state index < -0.39 is 5.54 Å². The molecule has 3 atom stereocenters. The summed E-state index contributed by atoms with van der Waals surface area (Å²) in [4.78, 5) is 14.6. The third-order valence-corrected chi connectivity index (χ3v) is 5.23. The van der Waals surface area contributed by atoms with Crippen LogP contribution in [-0.2, 0) is 14.3 Å². The van der Waals surface area contributed by atoms with Crippen molar-refractivity contribution in [2.45, 2.75) is 44.8 Å². The fourth-order valence-corrected chi connectivity index (χ4v) is 3.87. The standard InChI is InChI=1S/C15H28N2O3/c1-14(2)12-11(7-5-10-20-12)15(14,16)13(18)17(3)8-6-9-19-4/h11-12H,5-10,16H2,1-4H3. The van der Waals surface area contributed by atoms with E-state index in [1.54, 1.807) is 12.0 Å². The minimum atomic E-state index is -0.792. The van der Waals surface area contributed by atoms with Crippen molar-refractivity contribution in [3.05, 3.63) is 0 Å². The molecule has 0 spiro atoms. The first-order valence-electron chi connectivity index (χ1n) is 7.52. The summed E-state index contributed by atoms with van der Waals surface area (Å²) >= 11 is 0. The van der Waals surface area contributed by atoms with Gasteiger partial charge in [0.1, 0.15) is 5.54 Å². The number of nitrogens with zero attached hydrogens (tertiary/aromatic N) is 1. The van der Waals surface area contributed by atoms with Crippen LogP contribution in [0.1, 0.15) is 33.1 Å². The molecule has 2 N–H and O–H groups in total. The number of hydrogen-bond acceptors (Lipinski definition) is 4. The second kappa shape index (κ2) is 5.62. The lowest BCUT2D eigenvalue weighted by atomic mass is 9.46. The number of carbonyl (C=O) groups excluding carboxylic acids is 1. The Labute approximate surface area is 121 Å². The average Bonchev–Trinajstić information content (AvgIpc) is 2.45. The maximum absolute atomic E-state index is 12.8. The van der Waals surface area contributed by atoms with Crippen LogP contribution in [0, 0.1) is 11.3 Å². The van der Waals surface area contributed by atoms with Crippen molar-refractivity contribution in [3.8, 4) is 0 Å². The second-order valence-electron chi connectivity index (χ2n) is 6.70. The highest BCUT2D eigenvalue weighted by molar-refractivity contribution is 5.89. The van der Waals surface area contributed by atoms with Crippen molar-refractivity contribution in [1.29, 1.82) is 0 Å². The molecule has 1 saturated carbocycles. The molecule has 0 aromatic carbocycles. The molecule has 1 heterocycles. The Morgan fingerprint density at radius 2 is 2.20 bits per heavy atom. The van der Waals surface area contributed by atoms with Crippen molar-refractivity contribution in [3.63, 3.8) is 0 Å². The summed E-state index contributed by atoms with van der Waals surface area (Å²) in [5.41, 5.74) is 5.49. The quantitative estimate of drug-likeness (QED) is 0.765. The molecule has 20 heavy (non-hydrogen) atoms. The molecule has 1 aliphatic heterocycles. The predicted octanol–water partition coefficient (Wildman–Crippen LogP) is 1.01. The fourth-order valence-electron chi connectivity index (χ4n) is 3.87. The SMILES string of the molecule is COCCCN(C)C(=O)C1(N)C2CCCOC2C1(C)C. The van der Waals surface area contributed by atoms with E-state index in [2.05, 4.69) is 13.8 Å². The molecule has 0 bridgehead atoms. The normalized spacial score (nSPS) is 35.0. The molecule has 0 aromatic rings. The predicted molar refractivity (Wildman–Crippen MR) is 77.3 cm³/mol. The van der Waals surface area contributed by atoms with Crippen LogP contribution in [0.3, 0.4) is 0 Å². The first kappa shape index (κ1) is 15.7. The topological polar surface area (TPSA) is 64.8 Å². The fraction of sp³-hybridized carbons (Fsp3) is 0.933. The van der Waals surface area contributed by atoms with Crippen LogP contribution in [0.4, 0.5) is 0 Å². The van der Waals surface area contributed by atoms with E-state index in [1.165, 1.54) is 0 Å². The van der Waals surface area contributed by atoms with Crippen LogP contribution >= 0.6 is 0 Å². The summed E-state index contributed by atoms with van der Waals surface area (Å²) in [5, 5.41) is 0. The van der Waals surface area contributed by atoms with Gasteiger partial charge in [-0.1, -0.05) is 13.8 Å². The van der Waals surface area contributed by atoms with Crippen molar-refractivity contribution in [2.24, 2.45) is 17.1 Å². The van der Waals surface area contributed by atoms with Crippen molar-refractivity contribution < 1.29 is 14.3 Å². The molecule has 2 fully saturated rings. The number of methoxy groups -OCH3 is 1. The molecule has 2 aliphatic rings. The van der Waals surface area contributed by atoms with E-state index >= 15 is 0 Å². The highest BCUT2D eigenvalue weighted by Crippen LogP contribution is 2.57. The number of hydrogen-bond donors (Lipinski definition) is 1. The molecule has 3 unspecified atom stereocenters. The first-order chi connectivity index (χ1) is 9.37. The Morgan fingerprint density at radius 3 is 2.85 bits per heavy atom. The van der Waals surface area contributed by atoms with Gasteiger partial charge in [-0.15, -0.1) is 0 Å². The summed E-state index contributed by atoms with van der Waals surface area (Å²) in [6.45, 7) is 6.24. The molecule has 1 saturated heterocycles. The highest BCUT2D eigenvalue weighted by atomic mass is 16.5. The minimum Gasteiger partial charge on any atom is -0.385 e. The molecule has 116 valence electrons. The number of carbonyl (C=O) groups is 1. The van der Waals surface area contributed by atoms with Gasteiger partial charge < -0.3 is 20.1 Å². The van der Waals surface area contributed by atoms with Crippen LogP contribution in [0.2, 0.25) is 0 Å². The van der Waals surface area contributed by atoms with Gasteiger partial charge in [0.25, 0.3) is 0 Å². The molecular formula is C15H28N2O3. The van der Waals surface area contributed by atoms with Crippen molar-refractivity contribution in [1.82, 2.24) is 4.90 Å². The van der Waals surface area contributed by atoms with Crippen molar-refractivity contribution >= 4 is 5.91 Å². The Hall–Kier alpha value is -0.650. The number of amides is 1. The molecule has 1 amide bonds. The number of ether oxygens (including phenoxy) is 2. The van der Waals surface area contributed by atoms with Gasteiger partial charge in [-0.05, 0) is 19.3 Å². The van der Waals surface area contributed by atoms with E-state index in [0.717, 1.165) is 25.9 Å². The molecule has 5 nitrogen and oxygen atoms in total. The minimum absolute atomic E-state index is 0.0466. The molecule has 0 radical (unpaired) electrons. The third kappa shape index (κ3) is 2.16. The van der Waals surface area contributed by atoms with Crippen LogP contribution in [-0.4, -0.2) is 56.4 Å². The highest BCUT2D eigenvalue weighted by Gasteiger charge is 2.70. The van der Waals surface area contributed by atoms with Crippen molar-refractivity contribution in [2.75, 3.05) is 33.9 Å². The maximum atomic E-state index is 12.8. The van der Waals surface area contributed by atoms with Crippen LogP contribution < -0.4 is 5.73 Å². The monoisotopic (exact) mass is 284 g/mol. The Balaban J connectivity index is 2.07. The summed E-state index contributed by atoms with van der Waals surface area (Å²) < 4.78 is 10.9. The number of rotatable bonds is 5. The third-order valence-electron chi connectivity index (χ3n) is 5.23. The smallest absolute Gasteiger partial charge is 0.243 e. The zero-order valence-electron chi connectivity index (χ0n) is 13.1. The van der Waals surface area contributed by atoms with Gasteiger partial charge in [0.05, 0.1) is 6.10 Å². The second-order valence-corrected chi connectivity index (χ2v) is 6.70. The van der Waals surface area contributed by atoms with E-state index in [1.807, 2.05) is 7.05 Å². The summed E-state index contributed by atoms with van der Waals surface area (Å²) in [6.07, 6.45) is 2.94. The van der Waals surface area contributed by atoms with Gasteiger partial charge in [-0.25, -0.2) is 0 Å². The molecule has 2 rings (SSSR count). The summed E-state index contributed by atoms with van der Waals surface area (Å²) in [6, 6.07) is 0. The zero-order valence-corrected chi connectivity index (χ0v) is 13.1. The largest absolute Gasteiger partial charge is 0.385 e. The molecular weight excluding hydrogens is 256 g/mol. The Morgan fingerprint density at radius 1 is 1.50 bits per heavy atom. The lowest BCUT2D eigenvalue weighted by Gasteiger charge is -2.65. The Bertz CT molecular complexity index is 372. The Kier molecular flexibility index (Phi) is 4.42. The average molecular weight is 284 g/mol. The van der Waals surface area contributed by atoms with Gasteiger partial charge in [-0.3, -0.25) is 4.79 Å². The van der Waals surface area contributed by atoms with E-state index in [-0.39, 0.29) is 23.3 Å². The van der Waals surface area contributed by atoms with Crippen LogP contribution in [0.25, 0.3) is 0 Å². The maximum Gasteiger partial charge on any atom is 0.243 e. The molecule has 0 aromatic heterocycles. The van der Waals surface area contributed by atoms with Gasteiger partial charge >= 0.3 is 0 Å². The number of likely N-dealkylation sites (N-methyl/N-ethyl adjacent to an activating group) is 1.